The largest absolute Gasteiger partial charge is 0.469 e. The lowest BCUT2D eigenvalue weighted by molar-refractivity contribution is -0.151. The quantitative estimate of drug-likeness (QED) is 0.162. The average Bonchev–Trinajstić information content (AvgIpc) is 2.91. The second-order valence-electron chi connectivity index (χ2n) is 7.47. The third-order valence-corrected chi connectivity index (χ3v) is 5.80. The lowest BCUT2D eigenvalue weighted by Crippen LogP contribution is -2.44. The highest BCUT2D eigenvalue weighted by Gasteiger charge is 2.50. The van der Waals surface area contributed by atoms with Gasteiger partial charge in [-0.3, -0.25) is 14.4 Å². The minimum atomic E-state index is -1.41. The number of carbonyl (C=O) groups is 3. The first kappa shape index (κ1) is 26.6. The fourth-order valence-corrected chi connectivity index (χ4v) is 4.26. The van der Waals surface area contributed by atoms with Crippen molar-refractivity contribution in [2.75, 3.05) is 7.11 Å². The number of Topliss-reactive ketones (excluding diaryl/α,β-unsaturated/α-hetero) is 1. The van der Waals surface area contributed by atoms with Crippen LogP contribution in [0.1, 0.15) is 65.2 Å². The first-order valence-corrected chi connectivity index (χ1v) is 11.5. The molecule has 168 valence electrons. The summed E-state index contributed by atoms with van der Waals surface area (Å²) in [6, 6.07) is 0. The molecule has 7 heteroatoms. The van der Waals surface area contributed by atoms with Crippen LogP contribution in [0.2, 0.25) is 0 Å². The summed E-state index contributed by atoms with van der Waals surface area (Å²) < 4.78 is 10.4. The van der Waals surface area contributed by atoms with Gasteiger partial charge in [0, 0.05) is 13.3 Å². The summed E-state index contributed by atoms with van der Waals surface area (Å²) in [6.45, 7) is 3.43. The van der Waals surface area contributed by atoms with E-state index in [-0.39, 0.29) is 24.6 Å². The van der Waals surface area contributed by atoms with Crippen LogP contribution in [0.4, 0.5) is 0 Å². The van der Waals surface area contributed by atoms with Gasteiger partial charge in [0.05, 0.1) is 16.6 Å². The number of unbranched alkanes of at least 4 members (excludes halogenated alkanes) is 4. The number of ether oxygens (including phenoxy) is 2. The Kier molecular flexibility index (Phi) is 12.2. The molecule has 1 aliphatic rings. The van der Waals surface area contributed by atoms with Crippen molar-refractivity contribution in [3.63, 3.8) is 0 Å². The number of hydrogen-bond acceptors (Lipinski definition) is 6. The Labute approximate surface area is 192 Å². The van der Waals surface area contributed by atoms with Gasteiger partial charge in [0.2, 0.25) is 0 Å². The molecule has 1 rings (SSSR count). The molecule has 0 bridgehead atoms. The van der Waals surface area contributed by atoms with Crippen LogP contribution in [0.15, 0.2) is 34.0 Å². The molecule has 0 fully saturated rings. The maximum Gasteiger partial charge on any atom is 0.305 e. The second kappa shape index (κ2) is 13.7. The summed E-state index contributed by atoms with van der Waals surface area (Å²) in [5, 5.41) is 11.2. The van der Waals surface area contributed by atoms with E-state index in [0.29, 0.717) is 16.4 Å². The zero-order valence-corrected chi connectivity index (χ0v) is 20.2. The van der Waals surface area contributed by atoms with Crippen molar-refractivity contribution >= 4 is 40.3 Å². The van der Waals surface area contributed by atoms with E-state index in [1.54, 1.807) is 18.2 Å². The highest BCUT2D eigenvalue weighted by molar-refractivity contribution is 14.1. The number of halogens is 1. The molecule has 0 aromatic heterocycles. The molecule has 3 atom stereocenters. The molecule has 30 heavy (non-hydrogen) atoms. The minimum absolute atomic E-state index is 0.233. The van der Waals surface area contributed by atoms with Crippen LogP contribution in [0, 0.1) is 5.92 Å². The maximum absolute atomic E-state index is 12.8. The topological polar surface area (TPSA) is 89.9 Å². The van der Waals surface area contributed by atoms with Crippen molar-refractivity contribution in [2.24, 2.45) is 5.92 Å². The number of ketones is 1. The minimum Gasteiger partial charge on any atom is -0.469 e. The van der Waals surface area contributed by atoms with Gasteiger partial charge >= 0.3 is 11.9 Å². The Hall–Kier alpha value is -1.48. The maximum atomic E-state index is 12.8. The smallest absolute Gasteiger partial charge is 0.305 e. The first-order chi connectivity index (χ1) is 14.2. The van der Waals surface area contributed by atoms with Crippen LogP contribution in [0.25, 0.3) is 0 Å². The number of methoxy groups -OCH3 is 1. The van der Waals surface area contributed by atoms with E-state index in [0.717, 1.165) is 25.7 Å². The van der Waals surface area contributed by atoms with Crippen LogP contribution < -0.4 is 0 Å². The normalized spacial score (nSPS) is 22.5. The van der Waals surface area contributed by atoms with Crippen LogP contribution >= 0.6 is 22.6 Å². The number of rotatable bonds is 13. The lowest BCUT2D eigenvalue weighted by atomic mass is 9.82. The SMILES string of the molecule is CCCCC/C=C\C[C@@]1(O)C=C(I)C(=O)[C@@H]1[C@H](/C=C/CCCC(=O)OC)OC(C)=O. The van der Waals surface area contributed by atoms with Gasteiger partial charge in [-0.25, -0.2) is 0 Å². The zero-order valence-electron chi connectivity index (χ0n) is 18.1. The first-order valence-electron chi connectivity index (χ1n) is 10.5. The van der Waals surface area contributed by atoms with Gasteiger partial charge in [0.25, 0.3) is 0 Å². The molecule has 0 aromatic carbocycles. The molecule has 0 saturated heterocycles. The fourth-order valence-electron chi connectivity index (χ4n) is 3.38. The summed E-state index contributed by atoms with van der Waals surface area (Å²) in [7, 11) is 1.34. The Morgan fingerprint density at radius 1 is 1.23 bits per heavy atom. The zero-order chi connectivity index (χ0) is 22.6. The van der Waals surface area contributed by atoms with Gasteiger partial charge < -0.3 is 14.6 Å². The molecule has 0 radical (unpaired) electrons. The Bertz CT molecular complexity index is 681. The van der Waals surface area contributed by atoms with Crippen molar-refractivity contribution in [3.05, 3.63) is 34.0 Å². The molecule has 0 saturated carbocycles. The van der Waals surface area contributed by atoms with Crippen molar-refractivity contribution in [1.29, 1.82) is 0 Å². The third kappa shape index (κ3) is 8.71. The van der Waals surface area contributed by atoms with Crippen molar-refractivity contribution in [2.45, 2.75) is 76.9 Å². The Morgan fingerprint density at radius 3 is 2.57 bits per heavy atom. The van der Waals surface area contributed by atoms with Crippen molar-refractivity contribution in [1.82, 2.24) is 0 Å². The standard InChI is InChI=1S/C23H33IO6/c1-4-5-6-7-8-12-15-23(28)16-18(24)22(27)21(23)19(30-17(2)25)13-10-9-11-14-20(26)29-3/h8,10,12-13,16,19,21,28H,4-7,9,11,14-15H2,1-3H3/b12-8-,13-10+/t19-,21-,23+/m0/s1. The van der Waals surface area contributed by atoms with E-state index in [4.69, 9.17) is 4.74 Å². The molecule has 0 heterocycles. The molecule has 0 aromatic rings. The van der Waals surface area contributed by atoms with Gasteiger partial charge in [-0.1, -0.05) is 38.0 Å². The number of hydrogen-bond donors (Lipinski definition) is 1. The van der Waals surface area contributed by atoms with Gasteiger partial charge in [-0.15, -0.1) is 0 Å². The molecule has 0 amide bonds. The van der Waals surface area contributed by atoms with E-state index in [1.807, 2.05) is 34.7 Å². The lowest BCUT2D eigenvalue weighted by Gasteiger charge is -2.31. The Balaban J connectivity index is 2.88. The van der Waals surface area contributed by atoms with Gasteiger partial charge in [0.1, 0.15) is 11.7 Å². The number of carbonyl (C=O) groups excluding carboxylic acids is 3. The van der Waals surface area contributed by atoms with Crippen LogP contribution in [-0.4, -0.2) is 41.6 Å². The molecular weight excluding hydrogens is 499 g/mol. The second-order valence-corrected chi connectivity index (χ2v) is 8.63. The molecule has 1 aliphatic carbocycles. The van der Waals surface area contributed by atoms with E-state index in [2.05, 4.69) is 11.7 Å². The van der Waals surface area contributed by atoms with Crippen molar-refractivity contribution < 1.29 is 29.0 Å². The predicted molar refractivity (Wildman–Crippen MR) is 124 cm³/mol. The van der Waals surface area contributed by atoms with Crippen LogP contribution in [0.5, 0.6) is 0 Å². The molecule has 1 N–H and O–H groups in total. The third-order valence-electron chi connectivity index (χ3n) is 4.95. The summed E-state index contributed by atoms with van der Waals surface area (Å²) in [5.74, 6) is -1.94. The Morgan fingerprint density at radius 2 is 1.93 bits per heavy atom. The van der Waals surface area contributed by atoms with Crippen molar-refractivity contribution in [3.8, 4) is 0 Å². The monoisotopic (exact) mass is 532 g/mol. The molecule has 0 aliphatic heterocycles. The molecule has 6 nitrogen and oxygen atoms in total. The summed E-state index contributed by atoms with van der Waals surface area (Å²) in [5.41, 5.74) is -1.41. The molecule has 0 unspecified atom stereocenters. The van der Waals surface area contributed by atoms with Crippen LogP contribution in [-0.2, 0) is 23.9 Å². The highest BCUT2D eigenvalue weighted by atomic mass is 127. The van der Waals surface area contributed by atoms with E-state index >= 15 is 0 Å². The number of aliphatic hydroxyl groups is 1. The summed E-state index contributed by atoms with van der Waals surface area (Å²) >= 11 is 1.92. The fraction of sp³-hybridized carbons (Fsp3) is 0.609. The van der Waals surface area contributed by atoms with Gasteiger partial charge in [0.15, 0.2) is 5.78 Å². The van der Waals surface area contributed by atoms with E-state index < -0.39 is 23.6 Å². The van der Waals surface area contributed by atoms with Gasteiger partial charge in [-0.2, -0.15) is 0 Å². The van der Waals surface area contributed by atoms with Crippen LogP contribution in [0.3, 0.4) is 0 Å². The molecular formula is C23H33IO6. The highest BCUT2D eigenvalue weighted by Crippen LogP contribution is 2.40. The molecule has 0 spiro atoms. The average molecular weight is 532 g/mol. The van der Waals surface area contributed by atoms with Gasteiger partial charge in [-0.05, 0) is 66.8 Å². The predicted octanol–water partition coefficient (Wildman–Crippen LogP) is 4.59. The summed E-state index contributed by atoms with van der Waals surface area (Å²) in [4.78, 5) is 35.6. The number of allylic oxidation sites excluding steroid dienone is 3. The summed E-state index contributed by atoms with van der Waals surface area (Å²) in [6.07, 6.45) is 14.0. The number of esters is 2. The van der Waals surface area contributed by atoms with E-state index in [1.165, 1.54) is 14.0 Å². The van der Waals surface area contributed by atoms with E-state index in [9.17, 15) is 19.5 Å².